The molecular weight excluding hydrogens is 520 g/mol. The number of para-hydroxylation sites is 1. The van der Waals surface area contributed by atoms with Crippen molar-refractivity contribution >= 4 is 44.3 Å². The Hall–Kier alpha value is -4.40. The van der Waals surface area contributed by atoms with Crippen LogP contribution in [0.5, 0.6) is 0 Å². The molecule has 3 N–H and O–H groups in total. The minimum absolute atomic E-state index is 0.0649. The van der Waals surface area contributed by atoms with Crippen LogP contribution in [0.25, 0.3) is 11.3 Å². The quantitative estimate of drug-likeness (QED) is 0.213. The minimum atomic E-state index is -3.88. The third-order valence-electron chi connectivity index (χ3n) is 6.92. The third-order valence-corrected chi connectivity index (χ3v) is 8.30. The van der Waals surface area contributed by atoms with Crippen molar-refractivity contribution in [2.24, 2.45) is 0 Å². The van der Waals surface area contributed by atoms with Crippen LogP contribution >= 0.6 is 0 Å². The van der Waals surface area contributed by atoms with Crippen LogP contribution in [0.4, 0.5) is 17.1 Å². The van der Waals surface area contributed by atoms with E-state index in [1.807, 2.05) is 48.5 Å². The first-order chi connectivity index (χ1) is 19.2. The lowest BCUT2D eigenvalue weighted by Gasteiger charge is -2.21. The lowest BCUT2D eigenvalue weighted by molar-refractivity contribution is -0.110. The van der Waals surface area contributed by atoms with E-state index in [-0.39, 0.29) is 10.8 Å². The summed E-state index contributed by atoms with van der Waals surface area (Å²) in [5.41, 5.74) is 5.31. The molecule has 0 saturated heterocycles. The van der Waals surface area contributed by atoms with Crippen LogP contribution in [0, 0.1) is 0 Å². The third kappa shape index (κ3) is 5.93. The lowest BCUT2D eigenvalue weighted by atomic mass is 10.00. The first kappa shape index (κ1) is 27.2. The number of carbonyl (C=O) groups excluding carboxylic acids is 1. The molecule has 0 aromatic heterocycles. The van der Waals surface area contributed by atoms with Gasteiger partial charge in [-0.05, 0) is 74.5 Å². The van der Waals surface area contributed by atoms with Crippen LogP contribution < -0.4 is 15.4 Å². The van der Waals surface area contributed by atoms with Crippen molar-refractivity contribution in [1.82, 2.24) is 4.90 Å². The fourth-order valence-electron chi connectivity index (χ4n) is 4.47. The molecule has 8 heteroatoms. The van der Waals surface area contributed by atoms with Gasteiger partial charge in [-0.3, -0.25) is 14.4 Å². The van der Waals surface area contributed by atoms with Gasteiger partial charge in [-0.2, -0.15) is 0 Å². The summed E-state index contributed by atoms with van der Waals surface area (Å²) >= 11 is 0. The number of anilines is 3. The molecule has 0 unspecified atom stereocenters. The van der Waals surface area contributed by atoms with E-state index >= 15 is 0 Å². The molecular formula is C32H32N4O3S. The maximum atomic E-state index is 13.3. The molecule has 0 fully saturated rings. The van der Waals surface area contributed by atoms with Crippen molar-refractivity contribution in [3.63, 3.8) is 0 Å². The predicted molar refractivity (Wildman–Crippen MR) is 162 cm³/mol. The molecule has 1 heterocycles. The molecule has 7 nitrogen and oxygen atoms in total. The van der Waals surface area contributed by atoms with Gasteiger partial charge in [0, 0.05) is 35.2 Å². The number of fused-ring (bicyclic) bond motifs is 1. The van der Waals surface area contributed by atoms with Crippen LogP contribution in [-0.4, -0.2) is 32.3 Å². The summed E-state index contributed by atoms with van der Waals surface area (Å²) in [4.78, 5) is 15.7. The number of benzene rings is 4. The minimum Gasteiger partial charge on any atom is -0.354 e. The van der Waals surface area contributed by atoms with E-state index in [1.165, 1.54) is 11.6 Å². The van der Waals surface area contributed by atoms with Gasteiger partial charge in [0.1, 0.15) is 0 Å². The summed E-state index contributed by atoms with van der Waals surface area (Å²) in [5.74, 6) is -0.304. The monoisotopic (exact) mass is 552 g/mol. The van der Waals surface area contributed by atoms with Gasteiger partial charge in [0.25, 0.3) is 15.9 Å². The highest BCUT2D eigenvalue weighted by Crippen LogP contribution is 2.39. The van der Waals surface area contributed by atoms with Crippen LogP contribution in [0.2, 0.25) is 0 Å². The van der Waals surface area contributed by atoms with Gasteiger partial charge in [-0.15, -0.1) is 0 Å². The zero-order valence-electron chi connectivity index (χ0n) is 22.7. The average Bonchev–Trinajstić information content (AvgIpc) is 3.28. The molecule has 1 aliphatic rings. The van der Waals surface area contributed by atoms with Gasteiger partial charge < -0.3 is 10.6 Å². The molecule has 204 valence electrons. The largest absolute Gasteiger partial charge is 0.354 e. The summed E-state index contributed by atoms with van der Waals surface area (Å²) in [6.45, 7) is 5.15. The second-order valence-electron chi connectivity index (χ2n) is 10.1. The van der Waals surface area contributed by atoms with Gasteiger partial charge in [0.2, 0.25) is 0 Å². The zero-order valence-corrected chi connectivity index (χ0v) is 23.5. The van der Waals surface area contributed by atoms with Crippen molar-refractivity contribution in [2.75, 3.05) is 22.4 Å². The Kier molecular flexibility index (Phi) is 7.73. The van der Waals surface area contributed by atoms with Gasteiger partial charge in [0.05, 0.1) is 16.2 Å². The Morgan fingerprint density at radius 3 is 2.15 bits per heavy atom. The SMILES string of the molecule is CC(C)N(C)Cc1ccc(NC(=C2C(=O)Nc3ccc(S(=O)(=O)Nc4ccccc4)cc32)c2ccccc2)cc1. The van der Waals surface area contributed by atoms with Crippen molar-refractivity contribution in [2.45, 2.75) is 31.3 Å². The van der Waals surface area contributed by atoms with Crippen LogP contribution in [0.3, 0.4) is 0 Å². The summed E-state index contributed by atoms with van der Waals surface area (Å²) in [5, 5.41) is 6.35. The fraction of sp³-hybridized carbons (Fsp3) is 0.156. The van der Waals surface area contributed by atoms with E-state index in [0.717, 1.165) is 17.8 Å². The van der Waals surface area contributed by atoms with Gasteiger partial charge in [-0.25, -0.2) is 8.42 Å². The number of nitrogens with one attached hydrogen (secondary N) is 3. The number of carbonyl (C=O) groups is 1. The molecule has 0 spiro atoms. The standard InChI is InChI=1S/C32H32N4O3S/c1-22(2)36(3)21-23-14-16-25(17-15-23)33-31(24-10-6-4-7-11-24)30-28-20-27(18-19-29(28)34-32(30)37)40(38,39)35-26-12-8-5-9-13-26/h4-20,22,33,35H,21H2,1-3H3,(H,34,37). The molecule has 1 aliphatic heterocycles. The van der Waals surface area contributed by atoms with E-state index in [1.54, 1.807) is 36.4 Å². The molecule has 0 saturated carbocycles. The Balaban J connectivity index is 1.54. The van der Waals surface area contributed by atoms with Crippen molar-refractivity contribution in [3.05, 3.63) is 120 Å². The molecule has 1 amide bonds. The molecule has 0 aliphatic carbocycles. The number of hydrogen-bond donors (Lipinski definition) is 3. The Morgan fingerprint density at radius 2 is 1.50 bits per heavy atom. The van der Waals surface area contributed by atoms with Crippen LogP contribution in [0.15, 0.2) is 108 Å². The maximum Gasteiger partial charge on any atom is 0.261 e. The Labute approximate surface area is 235 Å². The number of hydrogen-bond acceptors (Lipinski definition) is 5. The van der Waals surface area contributed by atoms with E-state index in [0.29, 0.717) is 34.3 Å². The van der Waals surface area contributed by atoms with Crippen molar-refractivity contribution in [1.29, 1.82) is 0 Å². The first-order valence-corrected chi connectivity index (χ1v) is 14.6. The van der Waals surface area contributed by atoms with Crippen LogP contribution in [-0.2, 0) is 21.4 Å². The first-order valence-electron chi connectivity index (χ1n) is 13.1. The maximum absolute atomic E-state index is 13.3. The number of rotatable bonds is 9. The van der Waals surface area contributed by atoms with E-state index in [2.05, 4.69) is 53.3 Å². The summed E-state index contributed by atoms with van der Waals surface area (Å²) in [7, 11) is -1.79. The van der Waals surface area contributed by atoms with Gasteiger partial charge >= 0.3 is 0 Å². The van der Waals surface area contributed by atoms with Crippen molar-refractivity contribution in [3.8, 4) is 0 Å². The molecule has 40 heavy (non-hydrogen) atoms. The normalized spacial score (nSPS) is 14.2. The molecule has 5 rings (SSSR count). The smallest absolute Gasteiger partial charge is 0.261 e. The highest BCUT2D eigenvalue weighted by Gasteiger charge is 2.30. The van der Waals surface area contributed by atoms with Gasteiger partial charge in [0.15, 0.2) is 0 Å². The Morgan fingerprint density at radius 1 is 0.850 bits per heavy atom. The number of nitrogens with zero attached hydrogens (tertiary/aromatic N) is 1. The van der Waals surface area contributed by atoms with E-state index in [9.17, 15) is 13.2 Å². The molecule has 0 bridgehead atoms. The lowest BCUT2D eigenvalue weighted by Crippen LogP contribution is -2.25. The summed E-state index contributed by atoms with van der Waals surface area (Å²) in [6, 6.07) is 31.5. The molecule has 0 atom stereocenters. The number of sulfonamides is 1. The van der Waals surface area contributed by atoms with E-state index in [4.69, 9.17) is 0 Å². The fourth-order valence-corrected chi connectivity index (χ4v) is 5.56. The summed E-state index contributed by atoms with van der Waals surface area (Å²) in [6.07, 6.45) is 0. The second-order valence-corrected chi connectivity index (χ2v) is 11.8. The molecule has 0 radical (unpaired) electrons. The Bertz CT molecular complexity index is 1650. The molecule has 4 aromatic carbocycles. The van der Waals surface area contributed by atoms with Crippen LogP contribution in [0.1, 0.15) is 30.5 Å². The second kappa shape index (κ2) is 11.4. The van der Waals surface area contributed by atoms with Crippen molar-refractivity contribution < 1.29 is 13.2 Å². The van der Waals surface area contributed by atoms with Gasteiger partial charge in [-0.1, -0.05) is 60.7 Å². The highest BCUT2D eigenvalue weighted by atomic mass is 32.2. The summed E-state index contributed by atoms with van der Waals surface area (Å²) < 4.78 is 29.0. The number of amides is 1. The molecule has 4 aromatic rings. The topological polar surface area (TPSA) is 90.5 Å². The zero-order chi connectivity index (χ0) is 28.3. The average molecular weight is 553 g/mol. The van der Waals surface area contributed by atoms with E-state index < -0.39 is 10.0 Å². The highest BCUT2D eigenvalue weighted by molar-refractivity contribution is 7.92. The predicted octanol–water partition coefficient (Wildman–Crippen LogP) is 6.26.